The standard InChI is InChI=1S/C21H28N2O3S/c1-5-17-6-12-20(13-7-17)23(27(4,25)26)15-14-21(24)22-19-10-8-18(9-11-19)16(2)3/h6-13,16H,5,14-15H2,1-4H3,(H,22,24). The third-order valence-corrected chi connectivity index (χ3v) is 5.63. The average Bonchev–Trinajstić information content (AvgIpc) is 2.61. The molecule has 5 nitrogen and oxygen atoms in total. The highest BCUT2D eigenvalue weighted by atomic mass is 32.2. The van der Waals surface area contributed by atoms with Crippen molar-refractivity contribution in [2.75, 3.05) is 22.4 Å². The highest BCUT2D eigenvalue weighted by molar-refractivity contribution is 7.92. The molecular formula is C21H28N2O3S. The minimum atomic E-state index is -3.47. The van der Waals surface area contributed by atoms with Crippen molar-refractivity contribution in [2.24, 2.45) is 0 Å². The van der Waals surface area contributed by atoms with Gasteiger partial charge in [0.15, 0.2) is 0 Å². The summed E-state index contributed by atoms with van der Waals surface area (Å²) in [5.41, 5.74) is 3.62. The number of benzene rings is 2. The molecule has 0 fully saturated rings. The summed E-state index contributed by atoms with van der Waals surface area (Å²) in [6.07, 6.45) is 2.12. The van der Waals surface area contributed by atoms with Crippen LogP contribution >= 0.6 is 0 Å². The second kappa shape index (κ2) is 9.04. The summed E-state index contributed by atoms with van der Waals surface area (Å²) in [5.74, 6) is 0.211. The Morgan fingerprint density at radius 2 is 1.63 bits per heavy atom. The minimum Gasteiger partial charge on any atom is -0.326 e. The maximum Gasteiger partial charge on any atom is 0.232 e. The lowest BCUT2D eigenvalue weighted by Crippen LogP contribution is -2.33. The molecule has 0 bridgehead atoms. The fourth-order valence-corrected chi connectivity index (χ4v) is 3.69. The van der Waals surface area contributed by atoms with Gasteiger partial charge in [-0.05, 0) is 47.7 Å². The first-order valence-corrected chi connectivity index (χ1v) is 11.0. The normalized spacial score (nSPS) is 11.4. The maximum atomic E-state index is 12.3. The highest BCUT2D eigenvalue weighted by Crippen LogP contribution is 2.20. The van der Waals surface area contributed by atoms with Crippen molar-refractivity contribution < 1.29 is 13.2 Å². The predicted octanol–water partition coefficient (Wildman–Crippen LogP) is 4.17. The summed E-state index contributed by atoms with van der Waals surface area (Å²) < 4.78 is 25.6. The number of amides is 1. The summed E-state index contributed by atoms with van der Waals surface area (Å²) in [4.78, 5) is 12.3. The van der Waals surface area contributed by atoms with Crippen LogP contribution in [0.25, 0.3) is 0 Å². The van der Waals surface area contributed by atoms with Gasteiger partial charge in [0.2, 0.25) is 15.9 Å². The summed E-state index contributed by atoms with van der Waals surface area (Å²) in [5, 5.41) is 2.82. The van der Waals surface area contributed by atoms with E-state index in [0.29, 0.717) is 17.3 Å². The molecule has 0 saturated heterocycles. The molecule has 0 aliphatic carbocycles. The Morgan fingerprint density at radius 3 is 2.11 bits per heavy atom. The molecule has 1 N–H and O–H groups in total. The molecule has 27 heavy (non-hydrogen) atoms. The van der Waals surface area contributed by atoms with Gasteiger partial charge in [-0.15, -0.1) is 0 Å². The molecule has 0 aromatic heterocycles. The summed E-state index contributed by atoms with van der Waals surface area (Å²) in [6.45, 7) is 6.36. The second-order valence-electron chi connectivity index (χ2n) is 6.93. The van der Waals surface area contributed by atoms with E-state index in [4.69, 9.17) is 0 Å². The number of rotatable bonds is 8. The van der Waals surface area contributed by atoms with Crippen molar-refractivity contribution in [3.63, 3.8) is 0 Å². The fourth-order valence-electron chi connectivity index (χ4n) is 2.76. The maximum absolute atomic E-state index is 12.3. The summed E-state index contributed by atoms with van der Waals surface area (Å²) in [6, 6.07) is 15.1. The Kier molecular flexibility index (Phi) is 7.02. The number of carbonyl (C=O) groups is 1. The zero-order valence-electron chi connectivity index (χ0n) is 16.4. The molecule has 2 aromatic carbocycles. The van der Waals surface area contributed by atoms with Gasteiger partial charge in [0.1, 0.15) is 0 Å². The van der Waals surface area contributed by atoms with Crippen molar-refractivity contribution in [3.8, 4) is 0 Å². The quantitative estimate of drug-likeness (QED) is 0.738. The largest absolute Gasteiger partial charge is 0.326 e. The lowest BCUT2D eigenvalue weighted by Gasteiger charge is -2.22. The predicted molar refractivity (Wildman–Crippen MR) is 112 cm³/mol. The Balaban J connectivity index is 2.02. The van der Waals surface area contributed by atoms with Gasteiger partial charge in [-0.3, -0.25) is 9.10 Å². The van der Waals surface area contributed by atoms with Crippen molar-refractivity contribution in [3.05, 3.63) is 59.7 Å². The average molecular weight is 389 g/mol. The van der Waals surface area contributed by atoms with E-state index in [1.54, 1.807) is 12.1 Å². The number of nitrogens with one attached hydrogen (secondary N) is 1. The Labute approximate surface area is 162 Å². The highest BCUT2D eigenvalue weighted by Gasteiger charge is 2.18. The van der Waals surface area contributed by atoms with Crippen LogP contribution in [0.2, 0.25) is 0 Å². The van der Waals surface area contributed by atoms with E-state index in [2.05, 4.69) is 19.2 Å². The molecular weight excluding hydrogens is 360 g/mol. The first-order valence-electron chi connectivity index (χ1n) is 9.17. The van der Waals surface area contributed by atoms with E-state index >= 15 is 0 Å². The number of carbonyl (C=O) groups excluding carboxylic acids is 1. The van der Waals surface area contributed by atoms with Gasteiger partial charge < -0.3 is 5.32 Å². The molecule has 0 aliphatic rings. The van der Waals surface area contributed by atoms with Gasteiger partial charge in [-0.25, -0.2) is 8.42 Å². The molecule has 0 spiro atoms. The van der Waals surface area contributed by atoms with E-state index in [9.17, 15) is 13.2 Å². The molecule has 0 radical (unpaired) electrons. The number of aryl methyl sites for hydroxylation is 1. The van der Waals surface area contributed by atoms with E-state index in [0.717, 1.165) is 18.2 Å². The topological polar surface area (TPSA) is 66.5 Å². The zero-order valence-corrected chi connectivity index (χ0v) is 17.2. The van der Waals surface area contributed by atoms with E-state index in [-0.39, 0.29) is 18.9 Å². The third kappa shape index (κ3) is 6.10. The fraction of sp³-hybridized carbons (Fsp3) is 0.381. The monoisotopic (exact) mass is 388 g/mol. The number of nitrogens with zero attached hydrogens (tertiary/aromatic N) is 1. The molecule has 2 aromatic rings. The summed E-state index contributed by atoms with van der Waals surface area (Å²) >= 11 is 0. The molecule has 0 saturated carbocycles. The van der Waals surface area contributed by atoms with Gasteiger partial charge >= 0.3 is 0 Å². The van der Waals surface area contributed by atoms with Crippen molar-refractivity contribution in [1.29, 1.82) is 0 Å². The van der Waals surface area contributed by atoms with Gasteiger partial charge in [-0.1, -0.05) is 45.0 Å². The molecule has 0 aliphatic heterocycles. The van der Waals surface area contributed by atoms with Crippen LogP contribution in [0, 0.1) is 0 Å². The zero-order chi connectivity index (χ0) is 20.0. The number of sulfonamides is 1. The van der Waals surface area contributed by atoms with Gasteiger partial charge in [0, 0.05) is 18.7 Å². The molecule has 1 amide bonds. The smallest absolute Gasteiger partial charge is 0.232 e. The molecule has 146 valence electrons. The van der Waals surface area contributed by atoms with Crippen LogP contribution in [0.4, 0.5) is 11.4 Å². The molecule has 0 unspecified atom stereocenters. The summed E-state index contributed by atoms with van der Waals surface area (Å²) in [7, 11) is -3.47. The number of anilines is 2. The van der Waals surface area contributed by atoms with Crippen LogP contribution in [0.1, 0.15) is 44.2 Å². The van der Waals surface area contributed by atoms with Crippen LogP contribution in [0.5, 0.6) is 0 Å². The van der Waals surface area contributed by atoms with E-state index in [1.165, 1.54) is 9.87 Å². The van der Waals surface area contributed by atoms with Gasteiger partial charge in [0.05, 0.1) is 11.9 Å². The molecule has 0 atom stereocenters. The van der Waals surface area contributed by atoms with Gasteiger partial charge in [0.25, 0.3) is 0 Å². The Bertz CT molecular complexity index is 857. The van der Waals surface area contributed by atoms with Gasteiger partial charge in [-0.2, -0.15) is 0 Å². The lowest BCUT2D eigenvalue weighted by molar-refractivity contribution is -0.116. The first kappa shape index (κ1) is 21.0. The van der Waals surface area contributed by atoms with Crippen LogP contribution in [-0.4, -0.2) is 27.1 Å². The Hall–Kier alpha value is -2.34. The third-order valence-electron chi connectivity index (χ3n) is 4.44. The lowest BCUT2D eigenvalue weighted by atomic mass is 10.0. The van der Waals surface area contributed by atoms with E-state index in [1.807, 2.05) is 43.3 Å². The molecule has 0 heterocycles. The van der Waals surface area contributed by atoms with Crippen molar-refractivity contribution in [2.45, 2.75) is 39.5 Å². The minimum absolute atomic E-state index is 0.0779. The van der Waals surface area contributed by atoms with Crippen LogP contribution in [-0.2, 0) is 21.2 Å². The second-order valence-corrected chi connectivity index (χ2v) is 8.84. The van der Waals surface area contributed by atoms with Crippen molar-refractivity contribution >= 4 is 27.3 Å². The SMILES string of the molecule is CCc1ccc(N(CCC(=O)Nc2ccc(C(C)C)cc2)S(C)(=O)=O)cc1. The molecule has 2 rings (SSSR count). The van der Waals surface area contributed by atoms with Crippen molar-refractivity contribution in [1.82, 2.24) is 0 Å². The van der Waals surface area contributed by atoms with Crippen LogP contribution in [0.3, 0.4) is 0 Å². The molecule has 6 heteroatoms. The number of hydrogen-bond acceptors (Lipinski definition) is 3. The first-order chi connectivity index (χ1) is 12.7. The Morgan fingerprint density at radius 1 is 1.04 bits per heavy atom. The van der Waals surface area contributed by atoms with Crippen LogP contribution < -0.4 is 9.62 Å². The van der Waals surface area contributed by atoms with Crippen LogP contribution in [0.15, 0.2) is 48.5 Å². The van der Waals surface area contributed by atoms with E-state index < -0.39 is 10.0 Å². The number of hydrogen-bond donors (Lipinski definition) is 1.